The number of allylic oxidation sites excluding steroid dienone is 2. The Labute approximate surface area is 44.5 Å². The third-order valence-corrected chi connectivity index (χ3v) is 0.551. The fourth-order valence-corrected chi connectivity index (χ4v) is 0.254. The van der Waals surface area contributed by atoms with Crippen LogP contribution in [0.5, 0.6) is 0 Å². The summed E-state index contributed by atoms with van der Waals surface area (Å²) in [5.74, 6) is 0. The molecule has 0 fully saturated rings. The van der Waals surface area contributed by atoms with E-state index in [9.17, 15) is 0 Å². The van der Waals surface area contributed by atoms with Gasteiger partial charge in [0.25, 0.3) is 0 Å². The van der Waals surface area contributed by atoms with Crippen molar-refractivity contribution in [3.05, 3.63) is 24.8 Å². The number of hydrogen-bond donors (Lipinski definition) is 1. The van der Waals surface area contributed by atoms with Crippen LogP contribution in [-0.4, -0.2) is 6.04 Å². The van der Waals surface area contributed by atoms with E-state index in [0.29, 0.717) is 0 Å². The van der Waals surface area contributed by atoms with Crippen molar-refractivity contribution >= 4 is 0 Å². The van der Waals surface area contributed by atoms with Crippen molar-refractivity contribution in [2.45, 2.75) is 13.0 Å². The first-order valence-electron chi connectivity index (χ1n) is 2.32. The predicted octanol–water partition coefficient (Wildman–Crippen LogP) is 1.08. The summed E-state index contributed by atoms with van der Waals surface area (Å²) < 4.78 is 0. The van der Waals surface area contributed by atoms with E-state index in [-0.39, 0.29) is 6.04 Å². The van der Waals surface area contributed by atoms with Crippen LogP contribution >= 0.6 is 0 Å². The van der Waals surface area contributed by atoms with Crippen LogP contribution < -0.4 is 5.73 Å². The lowest BCUT2D eigenvalue weighted by molar-refractivity contribution is 0.926. The molecule has 0 saturated carbocycles. The molecule has 0 amide bonds. The highest BCUT2D eigenvalue weighted by Crippen LogP contribution is 1.77. The predicted molar refractivity (Wildman–Crippen MR) is 33.0 cm³/mol. The van der Waals surface area contributed by atoms with Crippen molar-refractivity contribution in [1.29, 1.82) is 0 Å². The maximum absolute atomic E-state index is 5.34. The molecule has 0 spiro atoms. The van der Waals surface area contributed by atoms with E-state index in [4.69, 9.17) is 5.73 Å². The first-order chi connectivity index (χ1) is 3.27. The lowest BCUT2D eigenvalue weighted by atomic mass is 10.3. The maximum atomic E-state index is 5.34. The molecule has 0 radical (unpaired) electrons. The van der Waals surface area contributed by atoms with Gasteiger partial charge in [0.1, 0.15) is 0 Å². The second-order valence-electron chi connectivity index (χ2n) is 1.48. The highest BCUT2D eigenvalue weighted by Gasteiger charge is 1.76. The van der Waals surface area contributed by atoms with Crippen molar-refractivity contribution in [3.63, 3.8) is 0 Å². The zero-order valence-electron chi connectivity index (χ0n) is 4.59. The van der Waals surface area contributed by atoms with Crippen LogP contribution in [-0.2, 0) is 0 Å². The van der Waals surface area contributed by atoms with Crippen LogP contribution in [0.1, 0.15) is 6.92 Å². The van der Waals surface area contributed by atoms with Gasteiger partial charge in [-0.2, -0.15) is 0 Å². The summed E-state index contributed by atoms with van der Waals surface area (Å²) in [6.07, 6.45) is 5.43. The fourth-order valence-electron chi connectivity index (χ4n) is 0.254. The van der Waals surface area contributed by atoms with Gasteiger partial charge in [-0.1, -0.05) is 24.8 Å². The van der Waals surface area contributed by atoms with E-state index in [1.807, 2.05) is 19.1 Å². The van der Waals surface area contributed by atoms with Gasteiger partial charge in [-0.3, -0.25) is 0 Å². The average molecular weight is 97.2 g/mol. The lowest BCUT2D eigenvalue weighted by Gasteiger charge is -1.88. The van der Waals surface area contributed by atoms with E-state index >= 15 is 0 Å². The Hall–Kier alpha value is -0.560. The number of hydrogen-bond acceptors (Lipinski definition) is 1. The van der Waals surface area contributed by atoms with Gasteiger partial charge in [-0.15, -0.1) is 0 Å². The third kappa shape index (κ3) is 5.44. The van der Waals surface area contributed by atoms with E-state index in [1.54, 1.807) is 6.08 Å². The SMILES string of the molecule is C=C/C=C/C(C)N. The zero-order valence-corrected chi connectivity index (χ0v) is 4.59. The summed E-state index contributed by atoms with van der Waals surface area (Å²) in [6, 6.07) is 0.151. The van der Waals surface area contributed by atoms with E-state index < -0.39 is 0 Å². The Morgan fingerprint density at radius 3 is 2.43 bits per heavy atom. The number of nitrogens with two attached hydrogens (primary N) is 1. The molecule has 40 valence electrons. The van der Waals surface area contributed by atoms with Gasteiger partial charge in [0.15, 0.2) is 0 Å². The smallest absolute Gasteiger partial charge is 0.0197 e. The molecule has 0 aromatic heterocycles. The molecule has 1 nitrogen and oxygen atoms in total. The molecule has 0 heterocycles. The Morgan fingerprint density at radius 1 is 1.71 bits per heavy atom. The first-order valence-corrected chi connectivity index (χ1v) is 2.32. The van der Waals surface area contributed by atoms with Gasteiger partial charge >= 0.3 is 0 Å². The molecule has 0 aliphatic heterocycles. The van der Waals surface area contributed by atoms with Gasteiger partial charge in [0.05, 0.1) is 0 Å². The highest BCUT2D eigenvalue weighted by atomic mass is 14.6. The third-order valence-electron chi connectivity index (χ3n) is 0.551. The topological polar surface area (TPSA) is 26.0 Å². The standard InChI is InChI=1S/C6H11N/c1-3-4-5-6(2)7/h3-6H,1,7H2,2H3/b5-4+. The van der Waals surface area contributed by atoms with Crippen LogP contribution in [0.25, 0.3) is 0 Å². The normalized spacial score (nSPS) is 14.6. The Bertz CT molecular complexity index is 72.2. The molecule has 0 aromatic rings. The van der Waals surface area contributed by atoms with E-state index in [1.165, 1.54) is 0 Å². The Kier molecular flexibility index (Phi) is 3.33. The summed E-state index contributed by atoms with van der Waals surface area (Å²) in [4.78, 5) is 0. The molecule has 1 heteroatoms. The Morgan fingerprint density at radius 2 is 2.29 bits per heavy atom. The second kappa shape index (κ2) is 3.62. The monoisotopic (exact) mass is 97.1 g/mol. The molecule has 7 heavy (non-hydrogen) atoms. The molecule has 0 aliphatic carbocycles. The van der Waals surface area contributed by atoms with Crippen molar-refractivity contribution in [2.75, 3.05) is 0 Å². The van der Waals surface area contributed by atoms with Crippen LogP contribution in [0.4, 0.5) is 0 Å². The van der Waals surface area contributed by atoms with Gasteiger partial charge in [0.2, 0.25) is 0 Å². The summed E-state index contributed by atoms with van der Waals surface area (Å²) in [5, 5.41) is 0. The van der Waals surface area contributed by atoms with Gasteiger partial charge in [-0.25, -0.2) is 0 Å². The highest BCUT2D eigenvalue weighted by molar-refractivity contribution is 5.00. The van der Waals surface area contributed by atoms with Crippen LogP contribution in [0.2, 0.25) is 0 Å². The molecule has 2 N–H and O–H groups in total. The van der Waals surface area contributed by atoms with Gasteiger partial charge < -0.3 is 5.73 Å². The molecule has 1 atom stereocenters. The first kappa shape index (κ1) is 6.44. The average Bonchev–Trinajstić information content (AvgIpc) is 1.61. The summed E-state index contributed by atoms with van der Waals surface area (Å²) in [5.41, 5.74) is 5.34. The minimum atomic E-state index is 0.151. The summed E-state index contributed by atoms with van der Waals surface area (Å²) in [6.45, 7) is 5.41. The van der Waals surface area contributed by atoms with Crippen LogP contribution in [0.3, 0.4) is 0 Å². The summed E-state index contributed by atoms with van der Waals surface area (Å²) >= 11 is 0. The minimum absolute atomic E-state index is 0.151. The lowest BCUT2D eigenvalue weighted by Crippen LogP contribution is -2.09. The molecular weight excluding hydrogens is 86.1 g/mol. The molecule has 0 saturated heterocycles. The largest absolute Gasteiger partial charge is 0.325 e. The second-order valence-corrected chi connectivity index (χ2v) is 1.48. The van der Waals surface area contributed by atoms with Gasteiger partial charge in [0, 0.05) is 6.04 Å². The van der Waals surface area contributed by atoms with Crippen molar-refractivity contribution in [1.82, 2.24) is 0 Å². The Balaban J connectivity index is 3.25. The van der Waals surface area contributed by atoms with E-state index in [2.05, 4.69) is 6.58 Å². The van der Waals surface area contributed by atoms with E-state index in [0.717, 1.165) is 0 Å². The molecule has 0 bridgehead atoms. The molecule has 0 aromatic carbocycles. The van der Waals surface area contributed by atoms with Crippen molar-refractivity contribution in [3.8, 4) is 0 Å². The zero-order chi connectivity index (χ0) is 5.70. The minimum Gasteiger partial charge on any atom is -0.325 e. The molecule has 0 aliphatic rings. The molecule has 0 rings (SSSR count). The van der Waals surface area contributed by atoms with Crippen LogP contribution in [0, 0.1) is 0 Å². The van der Waals surface area contributed by atoms with Crippen molar-refractivity contribution in [2.24, 2.45) is 5.73 Å². The number of rotatable bonds is 2. The molecule has 1 unspecified atom stereocenters. The molecular formula is C6H11N. The summed E-state index contributed by atoms with van der Waals surface area (Å²) in [7, 11) is 0. The quantitative estimate of drug-likeness (QED) is 0.512. The van der Waals surface area contributed by atoms with Gasteiger partial charge in [-0.05, 0) is 6.92 Å². The van der Waals surface area contributed by atoms with Crippen LogP contribution in [0.15, 0.2) is 24.8 Å². The van der Waals surface area contributed by atoms with Crippen molar-refractivity contribution < 1.29 is 0 Å². The maximum Gasteiger partial charge on any atom is 0.0197 e. The fraction of sp³-hybridized carbons (Fsp3) is 0.333.